The van der Waals surface area contributed by atoms with E-state index in [0.717, 1.165) is 15.5 Å². The minimum Gasteiger partial charge on any atom is -0.462 e. The highest BCUT2D eigenvalue weighted by Gasteiger charge is 2.07. The van der Waals surface area contributed by atoms with Gasteiger partial charge in [0.1, 0.15) is 4.60 Å². The molecule has 0 aliphatic rings. The summed E-state index contributed by atoms with van der Waals surface area (Å²) in [5, 5.41) is 0.925. The molecule has 0 bridgehead atoms. The van der Waals surface area contributed by atoms with E-state index in [-0.39, 0.29) is 5.97 Å². The summed E-state index contributed by atoms with van der Waals surface area (Å²) in [5.41, 5.74) is 1.40. The maximum Gasteiger partial charge on any atom is 0.338 e. The first-order valence-corrected chi connectivity index (χ1v) is 5.73. The minimum atomic E-state index is -0.299. The summed E-state index contributed by atoms with van der Waals surface area (Å²) in [4.78, 5) is 15.8. The number of aromatic nitrogens is 1. The van der Waals surface area contributed by atoms with Gasteiger partial charge in [-0.3, -0.25) is 0 Å². The van der Waals surface area contributed by atoms with E-state index in [9.17, 15) is 4.79 Å². The number of esters is 1. The van der Waals surface area contributed by atoms with Gasteiger partial charge in [-0.05, 0) is 47.1 Å². The minimum absolute atomic E-state index is 0.299. The van der Waals surface area contributed by atoms with Crippen LogP contribution in [-0.4, -0.2) is 17.6 Å². The van der Waals surface area contributed by atoms with E-state index in [4.69, 9.17) is 4.74 Å². The highest BCUT2D eigenvalue weighted by molar-refractivity contribution is 9.10. The van der Waals surface area contributed by atoms with Gasteiger partial charge in [-0.25, -0.2) is 9.78 Å². The molecule has 1 aromatic heterocycles. The Balaban J connectivity index is 2.44. The number of carbonyl (C=O) groups excluding carboxylic acids is 1. The molecule has 0 radical (unpaired) electrons. The van der Waals surface area contributed by atoms with Crippen LogP contribution >= 0.6 is 15.9 Å². The first-order chi connectivity index (χ1) is 7.70. The van der Waals surface area contributed by atoms with Crippen molar-refractivity contribution < 1.29 is 9.53 Å². The Morgan fingerprint density at radius 2 is 2.19 bits per heavy atom. The van der Waals surface area contributed by atoms with Crippen molar-refractivity contribution >= 4 is 32.8 Å². The van der Waals surface area contributed by atoms with Crippen LogP contribution in [0, 0.1) is 0 Å². The molecule has 1 aromatic carbocycles. The number of halogens is 1. The van der Waals surface area contributed by atoms with Gasteiger partial charge >= 0.3 is 5.97 Å². The molecule has 0 amide bonds. The molecule has 16 heavy (non-hydrogen) atoms. The lowest BCUT2D eigenvalue weighted by Crippen LogP contribution is -2.04. The fourth-order valence-corrected chi connectivity index (χ4v) is 1.77. The second kappa shape index (κ2) is 4.61. The monoisotopic (exact) mass is 279 g/mol. The van der Waals surface area contributed by atoms with Crippen molar-refractivity contribution in [1.29, 1.82) is 0 Å². The highest BCUT2D eigenvalue weighted by atomic mass is 79.9. The Bertz CT molecular complexity index is 540. The van der Waals surface area contributed by atoms with Gasteiger partial charge in [-0.2, -0.15) is 0 Å². The summed E-state index contributed by atoms with van der Waals surface area (Å²) in [6.07, 6.45) is 0. The van der Waals surface area contributed by atoms with Crippen LogP contribution < -0.4 is 0 Å². The fourth-order valence-electron chi connectivity index (χ4n) is 1.44. The second-order valence-electron chi connectivity index (χ2n) is 3.26. The zero-order chi connectivity index (χ0) is 11.5. The van der Waals surface area contributed by atoms with Gasteiger partial charge in [-0.15, -0.1) is 0 Å². The lowest BCUT2D eigenvalue weighted by atomic mass is 10.1. The van der Waals surface area contributed by atoms with Crippen molar-refractivity contribution in [2.45, 2.75) is 6.92 Å². The average Bonchev–Trinajstić information content (AvgIpc) is 2.28. The van der Waals surface area contributed by atoms with Gasteiger partial charge in [0.05, 0.1) is 17.7 Å². The third kappa shape index (κ3) is 2.22. The molecular formula is C12H10BrNO2. The topological polar surface area (TPSA) is 39.2 Å². The van der Waals surface area contributed by atoms with Crippen LogP contribution in [0.5, 0.6) is 0 Å². The summed E-state index contributed by atoms with van der Waals surface area (Å²) in [5.74, 6) is -0.299. The van der Waals surface area contributed by atoms with E-state index in [0.29, 0.717) is 12.2 Å². The molecule has 4 heteroatoms. The van der Waals surface area contributed by atoms with Crippen LogP contribution in [0.15, 0.2) is 34.9 Å². The summed E-state index contributed by atoms with van der Waals surface area (Å²) in [6, 6.07) is 9.07. The predicted octanol–water partition coefficient (Wildman–Crippen LogP) is 3.17. The highest BCUT2D eigenvalue weighted by Crippen LogP contribution is 2.17. The number of pyridine rings is 1. The Morgan fingerprint density at radius 3 is 2.94 bits per heavy atom. The van der Waals surface area contributed by atoms with Crippen molar-refractivity contribution in [1.82, 2.24) is 4.98 Å². The number of hydrogen-bond acceptors (Lipinski definition) is 3. The van der Waals surface area contributed by atoms with E-state index in [1.54, 1.807) is 19.1 Å². The first-order valence-electron chi connectivity index (χ1n) is 4.94. The molecule has 0 saturated carbocycles. The SMILES string of the molecule is CCOC(=O)c1ccc2nc(Br)ccc2c1. The van der Waals surface area contributed by atoms with E-state index in [1.165, 1.54) is 0 Å². The van der Waals surface area contributed by atoms with Crippen molar-refractivity contribution in [2.75, 3.05) is 6.61 Å². The van der Waals surface area contributed by atoms with Crippen LogP contribution in [-0.2, 0) is 4.74 Å². The Kier molecular flexibility index (Phi) is 3.19. The number of benzene rings is 1. The summed E-state index contributed by atoms with van der Waals surface area (Å²) >= 11 is 3.30. The molecule has 3 nitrogen and oxygen atoms in total. The molecule has 0 unspecified atom stereocenters. The van der Waals surface area contributed by atoms with Crippen LogP contribution in [0.1, 0.15) is 17.3 Å². The smallest absolute Gasteiger partial charge is 0.338 e. The van der Waals surface area contributed by atoms with Crippen molar-refractivity contribution in [2.24, 2.45) is 0 Å². The molecule has 0 aliphatic heterocycles. The van der Waals surface area contributed by atoms with Crippen LogP contribution in [0.4, 0.5) is 0 Å². The van der Waals surface area contributed by atoms with E-state index < -0.39 is 0 Å². The van der Waals surface area contributed by atoms with Crippen molar-refractivity contribution in [3.63, 3.8) is 0 Å². The summed E-state index contributed by atoms with van der Waals surface area (Å²) < 4.78 is 5.71. The lowest BCUT2D eigenvalue weighted by molar-refractivity contribution is 0.0526. The summed E-state index contributed by atoms with van der Waals surface area (Å²) in [6.45, 7) is 2.17. The molecule has 2 aromatic rings. The van der Waals surface area contributed by atoms with Crippen molar-refractivity contribution in [3.05, 3.63) is 40.5 Å². The fraction of sp³-hybridized carbons (Fsp3) is 0.167. The maximum atomic E-state index is 11.5. The zero-order valence-electron chi connectivity index (χ0n) is 8.74. The first kappa shape index (κ1) is 11.1. The molecule has 0 saturated heterocycles. The molecule has 0 spiro atoms. The number of hydrogen-bond donors (Lipinski definition) is 0. The normalized spacial score (nSPS) is 10.4. The molecule has 0 N–H and O–H groups in total. The molecule has 0 fully saturated rings. The van der Waals surface area contributed by atoms with Gasteiger partial charge in [0.25, 0.3) is 0 Å². The van der Waals surface area contributed by atoms with E-state index >= 15 is 0 Å². The maximum absolute atomic E-state index is 11.5. The number of rotatable bonds is 2. The summed E-state index contributed by atoms with van der Waals surface area (Å²) in [7, 11) is 0. The van der Waals surface area contributed by atoms with Gasteiger partial charge in [-0.1, -0.05) is 6.07 Å². The molecule has 1 heterocycles. The van der Waals surface area contributed by atoms with Gasteiger partial charge < -0.3 is 4.74 Å². The number of ether oxygens (including phenoxy) is 1. The number of nitrogens with zero attached hydrogens (tertiary/aromatic N) is 1. The Morgan fingerprint density at radius 1 is 1.38 bits per heavy atom. The molecule has 2 rings (SSSR count). The van der Waals surface area contributed by atoms with Gasteiger partial charge in [0.2, 0.25) is 0 Å². The number of fused-ring (bicyclic) bond motifs is 1. The third-order valence-corrected chi connectivity index (χ3v) is 2.61. The lowest BCUT2D eigenvalue weighted by Gasteiger charge is -2.03. The quantitative estimate of drug-likeness (QED) is 0.626. The van der Waals surface area contributed by atoms with E-state index in [1.807, 2.05) is 18.2 Å². The van der Waals surface area contributed by atoms with E-state index in [2.05, 4.69) is 20.9 Å². The van der Waals surface area contributed by atoms with Crippen molar-refractivity contribution in [3.8, 4) is 0 Å². The molecule has 0 aliphatic carbocycles. The van der Waals surface area contributed by atoms with Crippen LogP contribution in [0.3, 0.4) is 0 Å². The molecule has 0 atom stereocenters. The Hall–Kier alpha value is -1.42. The largest absolute Gasteiger partial charge is 0.462 e. The van der Waals surface area contributed by atoms with Crippen LogP contribution in [0.2, 0.25) is 0 Å². The van der Waals surface area contributed by atoms with Crippen LogP contribution in [0.25, 0.3) is 10.9 Å². The molecular weight excluding hydrogens is 270 g/mol. The zero-order valence-corrected chi connectivity index (χ0v) is 10.3. The average molecular weight is 280 g/mol. The molecule has 82 valence electrons. The standard InChI is InChI=1S/C12H10BrNO2/c1-2-16-12(15)9-3-5-10-8(7-9)4-6-11(13)14-10/h3-7H,2H2,1H3. The predicted molar refractivity (Wildman–Crippen MR) is 65.4 cm³/mol. The third-order valence-electron chi connectivity index (χ3n) is 2.17. The number of carbonyl (C=O) groups is 1. The second-order valence-corrected chi connectivity index (χ2v) is 4.07. The van der Waals surface area contributed by atoms with Gasteiger partial charge in [0, 0.05) is 5.39 Å². The Labute approximate surface area is 102 Å². The van der Waals surface area contributed by atoms with Gasteiger partial charge in [0.15, 0.2) is 0 Å².